The fourth-order valence-electron chi connectivity index (χ4n) is 2.37. The number of hydrogen-bond donors (Lipinski definition) is 1. The minimum atomic E-state index is -0.0776. The summed E-state index contributed by atoms with van der Waals surface area (Å²) in [5.41, 5.74) is 3.03. The van der Waals surface area contributed by atoms with Gasteiger partial charge >= 0.3 is 0 Å². The number of carbonyl (C=O) groups is 1. The van der Waals surface area contributed by atoms with Crippen molar-refractivity contribution in [2.45, 2.75) is 18.7 Å². The Kier molecular flexibility index (Phi) is 6.94. The lowest BCUT2D eigenvalue weighted by Crippen LogP contribution is -2.28. The van der Waals surface area contributed by atoms with Crippen molar-refractivity contribution in [2.24, 2.45) is 0 Å². The second-order valence-electron chi connectivity index (χ2n) is 5.52. The van der Waals surface area contributed by atoms with Crippen molar-refractivity contribution in [3.8, 4) is 5.75 Å². The summed E-state index contributed by atoms with van der Waals surface area (Å²) in [5.74, 6) is 1.54. The number of ether oxygens (including phenoxy) is 1. The van der Waals surface area contributed by atoms with Gasteiger partial charge in [-0.15, -0.1) is 18.3 Å². The standard InChI is InChI=1S/C20H23NO2S/c1-4-11-24-19-8-6-5-7-18(19)20(22)21-9-10-23-17-13-15(2)12-16(3)14-17/h4-8,12-14H,1,9-11H2,2-3H3,(H,21,22). The molecule has 0 heterocycles. The van der Waals surface area contributed by atoms with Crippen LogP contribution in [0.15, 0.2) is 60.0 Å². The molecule has 4 heteroatoms. The Balaban J connectivity index is 1.86. The van der Waals surface area contributed by atoms with Gasteiger partial charge in [-0.2, -0.15) is 0 Å². The minimum Gasteiger partial charge on any atom is -0.492 e. The Bertz CT molecular complexity index is 692. The molecule has 0 aliphatic rings. The molecule has 2 aromatic rings. The molecule has 0 aromatic heterocycles. The van der Waals surface area contributed by atoms with Crippen molar-refractivity contribution in [3.63, 3.8) is 0 Å². The summed E-state index contributed by atoms with van der Waals surface area (Å²) < 4.78 is 5.72. The fourth-order valence-corrected chi connectivity index (χ4v) is 3.16. The van der Waals surface area contributed by atoms with Crippen molar-refractivity contribution in [3.05, 3.63) is 71.8 Å². The molecule has 0 radical (unpaired) electrons. The molecule has 2 rings (SSSR count). The quantitative estimate of drug-likeness (QED) is 0.440. The number of rotatable bonds is 8. The van der Waals surface area contributed by atoms with Gasteiger partial charge in [0.05, 0.1) is 12.1 Å². The van der Waals surface area contributed by atoms with E-state index in [1.54, 1.807) is 11.8 Å². The highest BCUT2D eigenvalue weighted by Crippen LogP contribution is 2.22. The van der Waals surface area contributed by atoms with E-state index in [0.717, 1.165) is 16.4 Å². The maximum absolute atomic E-state index is 12.3. The van der Waals surface area contributed by atoms with E-state index in [0.29, 0.717) is 18.7 Å². The van der Waals surface area contributed by atoms with Crippen LogP contribution in [0.5, 0.6) is 5.75 Å². The highest BCUT2D eigenvalue weighted by Gasteiger charge is 2.10. The van der Waals surface area contributed by atoms with E-state index in [9.17, 15) is 4.79 Å². The van der Waals surface area contributed by atoms with Gasteiger partial charge in [0.25, 0.3) is 5.91 Å². The Labute approximate surface area is 148 Å². The average molecular weight is 341 g/mol. The lowest BCUT2D eigenvalue weighted by atomic mass is 10.1. The van der Waals surface area contributed by atoms with E-state index < -0.39 is 0 Å². The predicted octanol–water partition coefficient (Wildman–Crippen LogP) is 4.39. The number of nitrogens with one attached hydrogen (secondary N) is 1. The average Bonchev–Trinajstić information content (AvgIpc) is 2.56. The van der Waals surface area contributed by atoms with E-state index in [2.05, 4.69) is 18.0 Å². The van der Waals surface area contributed by atoms with Crippen molar-refractivity contribution < 1.29 is 9.53 Å². The van der Waals surface area contributed by atoms with Crippen molar-refractivity contribution in [1.82, 2.24) is 5.32 Å². The molecule has 0 aliphatic carbocycles. The normalized spacial score (nSPS) is 10.2. The second-order valence-corrected chi connectivity index (χ2v) is 6.59. The SMILES string of the molecule is C=CCSc1ccccc1C(=O)NCCOc1cc(C)cc(C)c1. The van der Waals surface area contributed by atoms with Gasteiger partial charge in [0.1, 0.15) is 12.4 Å². The van der Waals surface area contributed by atoms with E-state index in [-0.39, 0.29) is 5.91 Å². The van der Waals surface area contributed by atoms with Crippen LogP contribution in [0.1, 0.15) is 21.5 Å². The zero-order valence-corrected chi connectivity index (χ0v) is 15.0. The molecule has 2 aromatic carbocycles. The van der Waals surface area contributed by atoms with Gasteiger partial charge in [-0.3, -0.25) is 4.79 Å². The van der Waals surface area contributed by atoms with Gasteiger partial charge in [-0.25, -0.2) is 0 Å². The third kappa shape index (κ3) is 5.46. The number of aryl methyl sites for hydroxylation is 2. The lowest BCUT2D eigenvalue weighted by Gasteiger charge is -2.11. The van der Waals surface area contributed by atoms with E-state index in [4.69, 9.17) is 4.74 Å². The molecule has 0 unspecified atom stereocenters. The summed E-state index contributed by atoms with van der Waals surface area (Å²) in [4.78, 5) is 13.3. The number of amides is 1. The third-order valence-corrected chi connectivity index (χ3v) is 4.41. The zero-order chi connectivity index (χ0) is 17.4. The maximum atomic E-state index is 12.3. The topological polar surface area (TPSA) is 38.3 Å². The van der Waals surface area contributed by atoms with Crippen LogP contribution < -0.4 is 10.1 Å². The molecule has 1 amide bonds. The van der Waals surface area contributed by atoms with Crippen LogP contribution in [-0.4, -0.2) is 24.8 Å². The highest BCUT2D eigenvalue weighted by molar-refractivity contribution is 7.99. The number of hydrogen-bond acceptors (Lipinski definition) is 3. The van der Waals surface area contributed by atoms with Gasteiger partial charge in [-0.1, -0.05) is 24.3 Å². The van der Waals surface area contributed by atoms with Gasteiger partial charge in [0, 0.05) is 10.6 Å². The number of thioether (sulfide) groups is 1. The van der Waals surface area contributed by atoms with Crippen molar-refractivity contribution >= 4 is 17.7 Å². The zero-order valence-electron chi connectivity index (χ0n) is 14.2. The molecule has 0 atom stereocenters. The molecule has 0 bridgehead atoms. The summed E-state index contributed by atoms with van der Waals surface area (Å²) in [5, 5.41) is 2.91. The molecule has 0 saturated heterocycles. The first kappa shape index (κ1) is 18.1. The van der Waals surface area contributed by atoms with E-state index in [1.807, 2.05) is 56.3 Å². The summed E-state index contributed by atoms with van der Waals surface area (Å²) in [7, 11) is 0. The van der Waals surface area contributed by atoms with Crippen LogP contribution in [0, 0.1) is 13.8 Å². The Morgan fingerprint density at radius 1 is 1.21 bits per heavy atom. The molecule has 1 N–H and O–H groups in total. The Hall–Kier alpha value is -2.20. The first-order chi connectivity index (χ1) is 11.6. The van der Waals surface area contributed by atoms with Crippen molar-refractivity contribution in [2.75, 3.05) is 18.9 Å². The largest absolute Gasteiger partial charge is 0.492 e. The van der Waals surface area contributed by atoms with Crippen LogP contribution in [0.2, 0.25) is 0 Å². The summed E-state index contributed by atoms with van der Waals surface area (Å²) >= 11 is 1.60. The highest BCUT2D eigenvalue weighted by atomic mass is 32.2. The minimum absolute atomic E-state index is 0.0776. The van der Waals surface area contributed by atoms with E-state index >= 15 is 0 Å². The summed E-state index contributed by atoms with van der Waals surface area (Å²) in [6.07, 6.45) is 1.83. The lowest BCUT2D eigenvalue weighted by molar-refractivity contribution is 0.0944. The fraction of sp³-hybridized carbons (Fsp3) is 0.250. The summed E-state index contributed by atoms with van der Waals surface area (Å²) in [6.45, 7) is 8.70. The first-order valence-electron chi connectivity index (χ1n) is 7.92. The molecular formula is C20H23NO2S. The first-order valence-corrected chi connectivity index (χ1v) is 8.90. The van der Waals surface area contributed by atoms with E-state index in [1.165, 1.54) is 11.1 Å². The van der Waals surface area contributed by atoms with Crippen LogP contribution in [-0.2, 0) is 0 Å². The van der Waals surface area contributed by atoms with Gasteiger partial charge < -0.3 is 10.1 Å². The third-order valence-electron chi connectivity index (χ3n) is 3.34. The Morgan fingerprint density at radius 2 is 1.92 bits per heavy atom. The molecule has 0 spiro atoms. The van der Waals surface area contributed by atoms with Crippen LogP contribution in [0.25, 0.3) is 0 Å². The molecule has 0 fully saturated rings. The maximum Gasteiger partial charge on any atom is 0.252 e. The number of carbonyl (C=O) groups excluding carboxylic acids is 1. The van der Waals surface area contributed by atoms with Crippen molar-refractivity contribution in [1.29, 1.82) is 0 Å². The van der Waals surface area contributed by atoms with Crippen LogP contribution in [0.3, 0.4) is 0 Å². The monoisotopic (exact) mass is 341 g/mol. The number of benzene rings is 2. The van der Waals surface area contributed by atoms with Gasteiger partial charge in [0.2, 0.25) is 0 Å². The summed E-state index contributed by atoms with van der Waals surface area (Å²) in [6, 6.07) is 13.7. The molecule has 3 nitrogen and oxygen atoms in total. The van der Waals surface area contributed by atoms with Crippen LogP contribution in [0.4, 0.5) is 0 Å². The van der Waals surface area contributed by atoms with Crippen LogP contribution >= 0.6 is 11.8 Å². The molecular weight excluding hydrogens is 318 g/mol. The molecule has 0 saturated carbocycles. The van der Waals surface area contributed by atoms with Gasteiger partial charge in [0.15, 0.2) is 0 Å². The molecule has 126 valence electrons. The van der Waals surface area contributed by atoms with Gasteiger partial charge in [-0.05, 0) is 49.2 Å². The second kappa shape index (κ2) is 9.18. The smallest absolute Gasteiger partial charge is 0.252 e. The predicted molar refractivity (Wildman–Crippen MR) is 101 cm³/mol. The molecule has 24 heavy (non-hydrogen) atoms. The Morgan fingerprint density at radius 3 is 2.62 bits per heavy atom. The molecule has 0 aliphatic heterocycles.